The van der Waals surface area contributed by atoms with E-state index in [4.69, 9.17) is 0 Å². The summed E-state index contributed by atoms with van der Waals surface area (Å²) in [6.45, 7) is 3.10. The third-order valence-electron chi connectivity index (χ3n) is 5.13. The highest BCUT2D eigenvalue weighted by Crippen LogP contribution is 2.34. The van der Waals surface area contributed by atoms with Gasteiger partial charge < -0.3 is 9.80 Å². The molecule has 5 nitrogen and oxygen atoms in total. The summed E-state index contributed by atoms with van der Waals surface area (Å²) in [6.07, 6.45) is 4.63. The molecule has 2 atom stereocenters. The summed E-state index contributed by atoms with van der Waals surface area (Å²) in [5.41, 5.74) is 3.25. The maximum atomic E-state index is 13.1. The number of fused-ring (bicyclic) bond motifs is 1. The summed E-state index contributed by atoms with van der Waals surface area (Å²) in [6, 6.07) is 12.0. The average Bonchev–Trinajstić information content (AvgIpc) is 3.15. The van der Waals surface area contributed by atoms with Crippen molar-refractivity contribution < 1.29 is 9.59 Å². The maximum Gasteiger partial charge on any atom is 0.232 e. The summed E-state index contributed by atoms with van der Waals surface area (Å²) in [5, 5.41) is 0. The van der Waals surface area contributed by atoms with E-state index >= 15 is 0 Å². The molecule has 4 rings (SSSR count). The number of amides is 2. The van der Waals surface area contributed by atoms with Crippen molar-refractivity contribution in [2.75, 3.05) is 11.4 Å². The van der Waals surface area contributed by atoms with E-state index in [0.29, 0.717) is 19.5 Å². The lowest BCUT2D eigenvalue weighted by Gasteiger charge is -2.26. The molecule has 2 amide bonds. The van der Waals surface area contributed by atoms with Crippen molar-refractivity contribution in [2.45, 2.75) is 32.4 Å². The first-order chi connectivity index (χ1) is 12.1. The van der Waals surface area contributed by atoms with Crippen LogP contribution in [0, 0.1) is 5.92 Å². The van der Waals surface area contributed by atoms with Gasteiger partial charge in [-0.15, -0.1) is 0 Å². The van der Waals surface area contributed by atoms with Crippen LogP contribution in [-0.2, 0) is 22.6 Å². The SMILES string of the molecule is CC1Cc2ccccc2N1C(=O)C1CC(=O)N(Cc2ccncc2)C1. The van der Waals surface area contributed by atoms with Crippen LogP contribution in [0.1, 0.15) is 24.5 Å². The number of rotatable bonds is 3. The Morgan fingerprint density at radius 3 is 2.72 bits per heavy atom. The summed E-state index contributed by atoms with van der Waals surface area (Å²) >= 11 is 0. The Hall–Kier alpha value is -2.69. The van der Waals surface area contributed by atoms with Crippen molar-refractivity contribution in [2.24, 2.45) is 5.92 Å². The second-order valence-electron chi connectivity index (χ2n) is 6.92. The Balaban J connectivity index is 1.49. The summed E-state index contributed by atoms with van der Waals surface area (Å²) in [4.78, 5) is 33.2. The number of hydrogen-bond donors (Lipinski definition) is 0. The number of pyridine rings is 1. The number of likely N-dealkylation sites (tertiary alicyclic amines) is 1. The first-order valence-corrected chi connectivity index (χ1v) is 8.71. The molecule has 2 aromatic rings. The lowest BCUT2D eigenvalue weighted by molar-refractivity contribution is -0.129. The van der Waals surface area contributed by atoms with Crippen LogP contribution in [0.5, 0.6) is 0 Å². The molecule has 25 heavy (non-hydrogen) atoms. The lowest BCUT2D eigenvalue weighted by Crippen LogP contribution is -2.41. The van der Waals surface area contributed by atoms with Gasteiger partial charge in [-0.1, -0.05) is 18.2 Å². The monoisotopic (exact) mass is 335 g/mol. The Kier molecular flexibility index (Phi) is 3.99. The van der Waals surface area contributed by atoms with Crippen molar-refractivity contribution in [3.63, 3.8) is 0 Å². The van der Waals surface area contributed by atoms with E-state index in [-0.39, 0.29) is 23.8 Å². The van der Waals surface area contributed by atoms with Crippen LogP contribution in [0.4, 0.5) is 5.69 Å². The molecule has 1 saturated heterocycles. The molecule has 0 aliphatic carbocycles. The van der Waals surface area contributed by atoms with Crippen molar-refractivity contribution in [3.8, 4) is 0 Å². The third kappa shape index (κ3) is 2.90. The van der Waals surface area contributed by atoms with Crippen LogP contribution in [0.2, 0.25) is 0 Å². The Morgan fingerprint density at radius 2 is 1.92 bits per heavy atom. The molecule has 2 unspecified atom stereocenters. The van der Waals surface area contributed by atoms with Gasteiger partial charge in [-0.2, -0.15) is 0 Å². The molecule has 1 fully saturated rings. The van der Waals surface area contributed by atoms with E-state index < -0.39 is 0 Å². The van der Waals surface area contributed by atoms with Crippen LogP contribution in [0.15, 0.2) is 48.8 Å². The smallest absolute Gasteiger partial charge is 0.232 e. The number of hydrogen-bond acceptors (Lipinski definition) is 3. The van der Waals surface area contributed by atoms with Gasteiger partial charge in [0.1, 0.15) is 0 Å². The van der Waals surface area contributed by atoms with Gasteiger partial charge in [-0.05, 0) is 42.7 Å². The van der Waals surface area contributed by atoms with Gasteiger partial charge in [0.25, 0.3) is 0 Å². The molecule has 5 heteroatoms. The molecular formula is C20H21N3O2. The predicted octanol–water partition coefficient (Wildman–Crippen LogP) is 2.41. The molecule has 2 aliphatic heterocycles. The van der Waals surface area contributed by atoms with E-state index in [0.717, 1.165) is 17.7 Å². The highest BCUT2D eigenvalue weighted by Gasteiger charge is 2.40. The molecule has 2 aliphatic rings. The van der Waals surface area contributed by atoms with Gasteiger partial charge in [0.15, 0.2) is 0 Å². The van der Waals surface area contributed by atoms with Gasteiger partial charge in [-0.25, -0.2) is 0 Å². The Morgan fingerprint density at radius 1 is 1.16 bits per heavy atom. The number of carbonyl (C=O) groups is 2. The molecule has 0 N–H and O–H groups in total. The number of carbonyl (C=O) groups excluding carboxylic acids is 2. The molecule has 0 spiro atoms. The zero-order valence-electron chi connectivity index (χ0n) is 14.3. The van der Waals surface area contributed by atoms with E-state index in [2.05, 4.69) is 18.0 Å². The van der Waals surface area contributed by atoms with Crippen LogP contribution in [0.3, 0.4) is 0 Å². The molecule has 0 bridgehead atoms. The fourth-order valence-corrected chi connectivity index (χ4v) is 3.90. The average molecular weight is 335 g/mol. The maximum absolute atomic E-state index is 13.1. The van der Waals surface area contributed by atoms with E-state index in [1.54, 1.807) is 17.3 Å². The molecule has 1 aromatic carbocycles. The number of aromatic nitrogens is 1. The van der Waals surface area contributed by atoms with Crippen molar-refractivity contribution in [1.82, 2.24) is 9.88 Å². The molecular weight excluding hydrogens is 314 g/mol. The van der Waals surface area contributed by atoms with Crippen molar-refractivity contribution in [3.05, 3.63) is 59.9 Å². The molecule has 0 saturated carbocycles. The van der Waals surface area contributed by atoms with Gasteiger partial charge in [0.2, 0.25) is 11.8 Å². The van der Waals surface area contributed by atoms with Crippen molar-refractivity contribution >= 4 is 17.5 Å². The molecule has 0 radical (unpaired) electrons. The Labute approximate surface area is 147 Å². The number of anilines is 1. The minimum Gasteiger partial charge on any atom is -0.338 e. The quantitative estimate of drug-likeness (QED) is 0.865. The van der Waals surface area contributed by atoms with Crippen molar-refractivity contribution in [1.29, 1.82) is 0 Å². The molecule has 128 valence electrons. The van der Waals surface area contributed by atoms with Gasteiger partial charge >= 0.3 is 0 Å². The summed E-state index contributed by atoms with van der Waals surface area (Å²) < 4.78 is 0. The van der Waals surface area contributed by atoms with Crippen LogP contribution < -0.4 is 4.90 Å². The predicted molar refractivity (Wildman–Crippen MR) is 94.9 cm³/mol. The number of nitrogens with zero attached hydrogens (tertiary/aromatic N) is 3. The lowest BCUT2D eigenvalue weighted by atomic mass is 10.1. The normalized spacial score (nSPS) is 22.4. The topological polar surface area (TPSA) is 53.5 Å². The number of para-hydroxylation sites is 1. The van der Waals surface area contributed by atoms with Gasteiger partial charge in [0.05, 0.1) is 5.92 Å². The third-order valence-corrected chi connectivity index (χ3v) is 5.13. The number of benzene rings is 1. The first kappa shape index (κ1) is 15.8. The minimum atomic E-state index is -0.261. The van der Waals surface area contributed by atoms with Crippen LogP contribution in [-0.4, -0.2) is 34.3 Å². The van der Waals surface area contributed by atoms with Crippen LogP contribution >= 0.6 is 0 Å². The standard InChI is InChI=1S/C20H21N3O2/c1-14-10-16-4-2-3-5-18(16)23(14)20(25)17-11-19(24)22(13-17)12-15-6-8-21-9-7-15/h2-9,14,17H,10-13H2,1H3. The van der Waals surface area contributed by atoms with Gasteiger partial charge in [0, 0.05) is 43.6 Å². The van der Waals surface area contributed by atoms with E-state index in [9.17, 15) is 9.59 Å². The summed E-state index contributed by atoms with van der Waals surface area (Å²) in [7, 11) is 0. The second kappa shape index (κ2) is 6.31. The molecule has 3 heterocycles. The fourth-order valence-electron chi connectivity index (χ4n) is 3.90. The summed E-state index contributed by atoms with van der Waals surface area (Å²) in [5.74, 6) is -0.138. The van der Waals surface area contributed by atoms with E-state index in [1.165, 1.54) is 5.56 Å². The molecule has 1 aromatic heterocycles. The zero-order chi connectivity index (χ0) is 17.4. The largest absolute Gasteiger partial charge is 0.338 e. The highest BCUT2D eigenvalue weighted by atomic mass is 16.2. The first-order valence-electron chi connectivity index (χ1n) is 8.71. The second-order valence-corrected chi connectivity index (χ2v) is 6.92. The highest BCUT2D eigenvalue weighted by molar-refractivity contribution is 6.01. The Bertz CT molecular complexity index is 806. The zero-order valence-corrected chi connectivity index (χ0v) is 14.3. The fraction of sp³-hybridized carbons (Fsp3) is 0.350. The van der Waals surface area contributed by atoms with Gasteiger partial charge in [-0.3, -0.25) is 14.6 Å². The minimum absolute atomic E-state index is 0.0512. The van der Waals surface area contributed by atoms with E-state index in [1.807, 2.05) is 35.2 Å². The van der Waals surface area contributed by atoms with Crippen LogP contribution in [0.25, 0.3) is 0 Å².